The first-order valence-electron chi connectivity index (χ1n) is 29.9. The molecular formula is C75H80BN3S. The molecule has 4 aliphatic heterocycles. The Morgan fingerprint density at radius 2 is 1.10 bits per heavy atom. The van der Waals surface area contributed by atoms with Crippen LogP contribution in [0.1, 0.15) is 175 Å². The third-order valence-electron chi connectivity index (χ3n) is 20.4. The Bertz CT molecular complexity index is 4080. The molecule has 80 heavy (non-hydrogen) atoms. The van der Waals surface area contributed by atoms with Crippen LogP contribution in [0.2, 0.25) is 0 Å². The summed E-state index contributed by atoms with van der Waals surface area (Å²) in [7, 11) is 0. The van der Waals surface area contributed by atoms with Gasteiger partial charge in [-0.2, -0.15) is 0 Å². The zero-order valence-electron chi connectivity index (χ0n) is 50.5. The Hall–Kier alpha value is -6.56. The van der Waals surface area contributed by atoms with Gasteiger partial charge in [0.05, 0.1) is 16.9 Å². The number of rotatable bonds is 3. The summed E-state index contributed by atoms with van der Waals surface area (Å²) in [6.07, 6.45) is 4.74. The fourth-order valence-corrected chi connectivity index (χ4v) is 16.6. The number of anilines is 8. The molecule has 5 heterocycles. The lowest BCUT2D eigenvalue weighted by Crippen LogP contribution is -2.62. The summed E-state index contributed by atoms with van der Waals surface area (Å²) in [6, 6.07) is 59.0. The van der Waals surface area contributed by atoms with Crippen molar-refractivity contribution in [3.8, 4) is 11.1 Å². The molecule has 1 aromatic heterocycles. The van der Waals surface area contributed by atoms with Gasteiger partial charge < -0.3 is 14.7 Å². The highest BCUT2D eigenvalue weighted by Gasteiger charge is 2.58. The SMILES string of the molecule is CC(C)(C)c1ccc(N2c3ccc(C(C)(C)C)cc3B3c4ccc5sc6ccc7cc6c5c4N(c4cc(c(C(C)(C)C)cc4-c4ccccc4)C7(C)C)c4cc(N5c6ccc(C(C)(C)C)cc6C6(C)CCCCC56C)cc2c43)cc1. The minimum atomic E-state index is -0.312. The molecule has 4 bridgehead atoms. The monoisotopic (exact) mass is 1070 g/mol. The van der Waals surface area contributed by atoms with E-state index in [9.17, 15) is 0 Å². The van der Waals surface area contributed by atoms with Crippen LogP contribution in [-0.2, 0) is 32.5 Å². The van der Waals surface area contributed by atoms with Crippen LogP contribution in [0.3, 0.4) is 0 Å². The van der Waals surface area contributed by atoms with Crippen LogP contribution in [-0.4, -0.2) is 12.3 Å². The van der Waals surface area contributed by atoms with Crippen molar-refractivity contribution < 1.29 is 0 Å². The van der Waals surface area contributed by atoms with E-state index in [1.54, 1.807) is 0 Å². The normalized spacial score (nSPS) is 19.9. The topological polar surface area (TPSA) is 9.72 Å². The van der Waals surface area contributed by atoms with Crippen molar-refractivity contribution in [1.82, 2.24) is 0 Å². The van der Waals surface area contributed by atoms with Gasteiger partial charge in [-0.1, -0.05) is 196 Å². The second kappa shape index (κ2) is 16.8. The van der Waals surface area contributed by atoms with Crippen LogP contribution in [0.5, 0.6) is 0 Å². The van der Waals surface area contributed by atoms with Crippen LogP contribution in [0.4, 0.5) is 45.5 Å². The van der Waals surface area contributed by atoms with E-state index < -0.39 is 0 Å². The van der Waals surface area contributed by atoms with Crippen molar-refractivity contribution in [2.75, 3.05) is 14.7 Å². The fraction of sp³-hybridized carbons (Fsp3) is 0.360. The van der Waals surface area contributed by atoms with E-state index >= 15 is 0 Å². The van der Waals surface area contributed by atoms with Crippen molar-refractivity contribution in [1.29, 1.82) is 0 Å². The van der Waals surface area contributed by atoms with E-state index in [-0.39, 0.29) is 44.7 Å². The average molecular weight is 1070 g/mol. The quantitative estimate of drug-likeness (QED) is 0.163. The summed E-state index contributed by atoms with van der Waals surface area (Å²) in [5.74, 6) is 0. The maximum atomic E-state index is 2.86. The van der Waals surface area contributed by atoms with Gasteiger partial charge in [-0.3, -0.25) is 0 Å². The number of thiophene rings is 1. The molecule has 5 aliphatic rings. The van der Waals surface area contributed by atoms with Gasteiger partial charge in [-0.25, -0.2) is 0 Å². The average Bonchev–Trinajstić information content (AvgIpc) is 1.84. The van der Waals surface area contributed by atoms with Crippen LogP contribution in [0, 0.1) is 0 Å². The predicted molar refractivity (Wildman–Crippen MR) is 349 cm³/mol. The molecule has 0 radical (unpaired) electrons. The Morgan fingerprint density at radius 3 is 1.77 bits per heavy atom. The highest BCUT2D eigenvalue weighted by molar-refractivity contribution is 7.26. The summed E-state index contributed by atoms with van der Waals surface area (Å²) >= 11 is 1.95. The molecule has 0 spiro atoms. The maximum absolute atomic E-state index is 2.86. The first-order valence-corrected chi connectivity index (χ1v) is 30.7. The molecule has 8 aromatic carbocycles. The lowest BCUT2D eigenvalue weighted by molar-refractivity contribution is 0.195. The third-order valence-corrected chi connectivity index (χ3v) is 21.5. The standard InChI is InChI=1S/C75H80BN3S/c1-69(2,3)46-24-29-50(30-25-46)77-60-33-27-48(71(7,8)9)40-58(60)76-57-31-35-65-66-53-38-49(28-34-64(53)80-65)73(13,14)55-44-61(52(43-54(55)72(10,11)12)45-22-18-17-19-23-45)78(68(57)66)63-42-51(41-62(77)67(63)76)79-59-32-26-47(70(4,5)6)39-56(59)74(15)36-20-21-37-75(74,79)16/h17-19,22-35,38-44H,20-21,36-37H2,1-16H3. The van der Waals surface area contributed by atoms with Crippen molar-refractivity contribution >= 4 is 100 Å². The van der Waals surface area contributed by atoms with Crippen LogP contribution >= 0.6 is 11.3 Å². The molecule has 1 fully saturated rings. The van der Waals surface area contributed by atoms with Gasteiger partial charge in [0.2, 0.25) is 0 Å². The number of nitrogens with zero attached hydrogens (tertiary/aromatic N) is 3. The summed E-state index contributed by atoms with van der Waals surface area (Å²) in [4.78, 5) is 8.34. The van der Waals surface area contributed by atoms with Crippen molar-refractivity contribution in [2.45, 2.75) is 174 Å². The molecule has 3 nitrogen and oxygen atoms in total. The molecule has 0 N–H and O–H groups in total. The molecular weight excluding hydrogens is 986 g/mol. The van der Waals surface area contributed by atoms with E-state index in [1.165, 1.54) is 151 Å². The molecule has 0 saturated heterocycles. The Balaban J connectivity index is 1.19. The van der Waals surface area contributed by atoms with Crippen molar-refractivity contribution in [2.24, 2.45) is 0 Å². The minimum Gasteiger partial charge on any atom is -0.334 e. The number of hydrogen-bond donors (Lipinski definition) is 0. The second-order valence-corrected chi connectivity index (χ2v) is 30.9. The van der Waals surface area contributed by atoms with Gasteiger partial charge in [0.25, 0.3) is 6.71 Å². The van der Waals surface area contributed by atoms with E-state index in [0.717, 1.165) is 6.42 Å². The van der Waals surface area contributed by atoms with Gasteiger partial charge in [0, 0.05) is 70.7 Å². The van der Waals surface area contributed by atoms with Crippen molar-refractivity contribution in [3.05, 3.63) is 185 Å². The second-order valence-electron chi connectivity index (χ2n) is 29.8. The molecule has 14 rings (SSSR count). The first-order chi connectivity index (χ1) is 37.7. The summed E-state index contributed by atoms with van der Waals surface area (Å²) in [6.45, 7) is 38.6. The lowest BCUT2D eigenvalue weighted by atomic mass is 9.33. The Kier molecular flexibility index (Phi) is 10.8. The zero-order valence-corrected chi connectivity index (χ0v) is 51.3. The molecule has 9 aromatic rings. The van der Waals surface area contributed by atoms with Gasteiger partial charge in [-0.15, -0.1) is 11.3 Å². The Labute approximate surface area is 482 Å². The van der Waals surface area contributed by atoms with Gasteiger partial charge in [0.1, 0.15) is 0 Å². The number of fused-ring (bicyclic) bond motifs is 11. The van der Waals surface area contributed by atoms with E-state index in [0.29, 0.717) is 0 Å². The predicted octanol–water partition coefficient (Wildman–Crippen LogP) is 19.4. The Morgan fingerprint density at radius 1 is 0.475 bits per heavy atom. The molecule has 1 aliphatic carbocycles. The highest BCUT2D eigenvalue weighted by Crippen LogP contribution is 2.63. The molecule has 2 unspecified atom stereocenters. The van der Waals surface area contributed by atoms with Gasteiger partial charge >= 0.3 is 0 Å². The lowest BCUT2D eigenvalue weighted by Gasteiger charge is -2.51. The molecule has 0 amide bonds. The van der Waals surface area contributed by atoms with Crippen molar-refractivity contribution in [3.63, 3.8) is 0 Å². The fourth-order valence-electron chi connectivity index (χ4n) is 15.5. The molecule has 5 heteroatoms. The maximum Gasteiger partial charge on any atom is 0.252 e. The zero-order chi connectivity index (χ0) is 56.2. The minimum absolute atomic E-state index is 0.0132. The summed E-state index contributed by atoms with van der Waals surface area (Å²) < 4.78 is 2.67. The highest BCUT2D eigenvalue weighted by atomic mass is 32.1. The van der Waals surface area contributed by atoms with E-state index in [2.05, 4.69) is 271 Å². The summed E-state index contributed by atoms with van der Waals surface area (Å²) in [5, 5.41) is 2.72. The largest absolute Gasteiger partial charge is 0.334 e. The van der Waals surface area contributed by atoms with Crippen LogP contribution in [0.25, 0.3) is 31.3 Å². The van der Waals surface area contributed by atoms with Gasteiger partial charge in [0.15, 0.2) is 0 Å². The van der Waals surface area contributed by atoms with Crippen LogP contribution < -0.4 is 31.1 Å². The van der Waals surface area contributed by atoms with Gasteiger partial charge in [-0.05, 0) is 169 Å². The van der Waals surface area contributed by atoms with Crippen LogP contribution in [0.15, 0.2) is 146 Å². The molecule has 404 valence electrons. The molecule has 1 saturated carbocycles. The first kappa shape index (κ1) is 51.6. The third kappa shape index (κ3) is 7.23. The van der Waals surface area contributed by atoms with E-state index in [1.807, 2.05) is 11.3 Å². The number of benzene rings is 8. The smallest absolute Gasteiger partial charge is 0.252 e. The summed E-state index contributed by atoms with van der Waals surface area (Å²) in [5.41, 5.74) is 25.8. The number of hydrogen-bond acceptors (Lipinski definition) is 4. The molecule has 2 atom stereocenters. The van der Waals surface area contributed by atoms with E-state index in [4.69, 9.17) is 0 Å².